The summed E-state index contributed by atoms with van der Waals surface area (Å²) in [6.07, 6.45) is 4.85. The van der Waals surface area contributed by atoms with E-state index in [9.17, 15) is 4.79 Å². The van der Waals surface area contributed by atoms with E-state index >= 15 is 0 Å². The van der Waals surface area contributed by atoms with Gasteiger partial charge in [-0.3, -0.25) is 4.98 Å². The fraction of sp³-hybridized carbons (Fsp3) is 0.241. The van der Waals surface area contributed by atoms with Crippen LogP contribution in [-0.4, -0.2) is 52.2 Å². The number of aromatic nitrogens is 3. The summed E-state index contributed by atoms with van der Waals surface area (Å²) in [7, 11) is 3.27. The number of fused-ring (bicyclic) bond motifs is 1. The molecule has 0 spiro atoms. The van der Waals surface area contributed by atoms with Crippen LogP contribution in [0.4, 0.5) is 4.79 Å². The summed E-state index contributed by atoms with van der Waals surface area (Å²) in [6, 6.07) is 22.0. The highest BCUT2D eigenvalue weighted by Crippen LogP contribution is 2.42. The van der Waals surface area contributed by atoms with E-state index in [1.165, 1.54) is 23.5 Å². The quantitative estimate of drug-likeness (QED) is 0.435. The molecule has 0 radical (unpaired) electrons. The van der Waals surface area contributed by atoms with Crippen molar-refractivity contribution in [2.75, 3.05) is 20.7 Å². The molecule has 1 aliphatic heterocycles. The normalized spacial score (nSPS) is 15.0. The van der Waals surface area contributed by atoms with Crippen LogP contribution < -0.4 is 10.1 Å². The van der Waals surface area contributed by atoms with E-state index in [1.807, 2.05) is 47.1 Å². The molecule has 2 aromatic carbocycles. The van der Waals surface area contributed by atoms with Crippen LogP contribution in [0.25, 0.3) is 17.1 Å². The lowest BCUT2D eigenvalue weighted by Crippen LogP contribution is -2.35. The third kappa shape index (κ3) is 4.46. The van der Waals surface area contributed by atoms with Crippen LogP contribution in [0, 0.1) is 0 Å². The molecule has 3 heterocycles. The molecule has 1 fully saturated rings. The van der Waals surface area contributed by atoms with Gasteiger partial charge in [-0.15, -0.1) is 0 Å². The molecule has 2 aliphatic rings. The van der Waals surface area contributed by atoms with Crippen molar-refractivity contribution in [3.8, 4) is 22.8 Å². The molecule has 1 aliphatic carbocycles. The van der Waals surface area contributed by atoms with E-state index in [0.29, 0.717) is 18.9 Å². The molecule has 0 saturated heterocycles. The summed E-state index contributed by atoms with van der Waals surface area (Å²) < 4.78 is 7.53. The second-order valence-electron chi connectivity index (χ2n) is 9.30. The zero-order chi connectivity index (χ0) is 25.4. The first kappa shape index (κ1) is 23.0. The van der Waals surface area contributed by atoms with Gasteiger partial charge in [0.25, 0.3) is 0 Å². The predicted molar refractivity (Wildman–Crippen MR) is 142 cm³/mol. The lowest BCUT2D eigenvalue weighted by atomic mass is 9.96. The fourth-order valence-electron chi connectivity index (χ4n) is 4.73. The number of hydrazone groups is 1. The summed E-state index contributed by atoms with van der Waals surface area (Å²) in [4.78, 5) is 17.0. The van der Waals surface area contributed by atoms with E-state index in [2.05, 4.69) is 34.6 Å². The number of nitrogens with zero attached hydrogens (tertiary/aromatic N) is 5. The van der Waals surface area contributed by atoms with Crippen LogP contribution in [0.1, 0.15) is 41.1 Å². The smallest absolute Gasteiger partial charge is 0.337 e. The van der Waals surface area contributed by atoms with E-state index in [0.717, 1.165) is 45.2 Å². The molecule has 186 valence electrons. The minimum Gasteiger partial charge on any atom is -0.497 e. The van der Waals surface area contributed by atoms with Gasteiger partial charge in [0, 0.05) is 36.0 Å². The highest BCUT2D eigenvalue weighted by Gasteiger charge is 2.29. The largest absolute Gasteiger partial charge is 0.497 e. The van der Waals surface area contributed by atoms with Crippen LogP contribution >= 0.6 is 0 Å². The van der Waals surface area contributed by atoms with E-state index in [4.69, 9.17) is 14.9 Å². The van der Waals surface area contributed by atoms with Gasteiger partial charge in [-0.1, -0.05) is 24.3 Å². The van der Waals surface area contributed by atoms with Crippen molar-refractivity contribution in [2.45, 2.75) is 25.2 Å². The lowest BCUT2D eigenvalue weighted by Gasteiger charge is -2.16. The maximum absolute atomic E-state index is 12.5. The summed E-state index contributed by atoms with van der Waals surface area (Å²) in [5.74, 6) is 1.28. The number of amides is 2. The highest BCUT2D eigenvalue weighted by atomic mass is 16.5. The van der Waals surface area contributed by atoms with Crippen molar-refractivity contribution in [2.24, 2.45) is 5.10 Å². The standard InChI is InChI=1S/C29H28N6O2/c1-30-29(36)34-16-14-19-10-13-23(37-2)17-24(19)28(33-34)21-8-11-22(12-9-21)35-27(20-6-7-20)18-26(32-35)25-5-3-4-15-31-25/h3-5,8-13,15,17-18,20H,6-7,14,16H2,1-2H3,(H,30,36). The second kappa shape index (κ2) is 9.54. The first-order chi connectivity index (χ1) is 18.1. The Labute approximate surface area is 215 Å². The topological polar surface area (TPSA) is 84.6 Å². The number of hydrogen-bond acceptors (Lipinski definition) is 5. The maximum atomic E-state index is 12.5. The van der Waals surface area contributed by atoms with E-state index < -0.39 is 0 Å². The van der Waals surface area contributed by atoms with Crippen molar-refractivity contribution < 1.29 is 9.53 Å². The maximum Gasteiger partial charge on any atom is 0.337 e. The van der Waals surface area contributed by atoms with Gasteiger partial charge in [0.15, 0.2) is 0 Å². The van der Waals surface area contributed by atoms with Crippen LogP contribution in [-0.2, 0) is 6.42 Å². The molecule has 2 aromatic heterocycles. The average Bonchev–Trinajstić information content (AvgIpc) is 3.74. The van der Waals surface area contributed by atoms with Gasteiger partial charge in [-0.25, -0.2) is 14.5 Å². The summed E-state index contributed by atoms with van der Waals surface area (Å²) in [5, 5.41) is 13.9. The van der Waals surface area contributed by atoms with Crippen molar-refractivity contribution in [3.05, 3.63) is 95.3 Å². The Morgan fingerprint density at radius 3 is 2.57 bits per heavy atom. The molecule has 1 saturated carbocycles. The molecule has 8 heteroatoms. The minimum absolute atomic E-state index is 0.235. The fourth-order valence-corrected chi connectivity index (χ4v) is 4.73. The van der Waals surface area contributed by atoms with Crippen LogP contribution in [0.3, 0.4) is 0 Å². The number of rotatable bonds is 5. The molecule has 0 atom stereocenters. The third-order valence-corrected chi connectivity index (χ3v) is 6.88. The van der Waals surface area contributed by atoms with Gasteiger partial charge in [-0.05, 0) is 67.3 Å². The molecule has 4 aromatic rings. The number of hydrogen-bond donors (Lipinski definition) is 1. The van der Waals surface area contributed by atoms with Gasteiger partial charge in [0.1, 0.15) is 11.4 Å². The van der Waals surface area contributed by atoms with Crippen molar-refractivity contribution >= 4 is 11.7 Å². The molecule has 0 bridgehead atoms. The minimum atomic E-state index is -0.235. The summed E-state index contributed by atoms with van der Waals surface area (Å²) in [6.45, 7) is 0.495. The Morgan fingerprint density at radius 1 is 1.03 bits per heavy atom. The van der Waals surface area contributed by atoms with Crippen LogP contribution in [0.5, 0.6) is 5.75 Å². The Bertz CT molecular complexity index is 1470. The monoisotopic (exact) mass is 492 g/mol. The molecular formula is C29H28N6O2. The number of methoxy groups -OCH3 is 1. The van der Waals surface area contributed by atoms with Gasteiger partial charge in [0.2, 0.25) is 0 Å². The van der Waals surface area contributed by atoms with Gasteiger partial charge in [0.05, 0.1) is 30.7 Å². The second-order valence-corrected chi connectivity index (χ2v) is 9.30. The first-order valence-electron chi connectivity index (χ1n) is 12.5. The van der Waals surface area contributed by atoms with Crippen molar-refractivity contribution in [1.29, 1.82) is 0 Å². The van der Waals surface area contributed by atoms with Crippen molar-refractivity contribution in [3.63, 3.8) is 0 Å². The van der Waals surface area contributed by atoms with Gasteiger partial charge < -0.3 is 10.1 Å². The number of benzene rings is 2. The van der Waals surface area contributed by atoms with E-state index in [-0.39, 0.29) is 6.03 Å². The van der Waals surface area contributed by atoms with Crippen LogP contribution in [0.2, 0.25) is 0 Å². The predicted octanol–water partition coefficient (Wildman–Crippen LogP) is 4.77. The number of carbonyl (C=O) groups excluding carboxylic acids is 1. The SMILES string of the molecule is CNC(=O)N1CCc2ccc(OC)cc2C(c2ccc(-n3nc(-c4ccccn4)cc3C3CC3)cc2)=N1. The van der Waals surface area contributed by atoms with E-state index in [1.54, 1.807) is 20.4 Å². The molecule has 1 N–H and O–H groups in total. The number of nitrogens with one attached hydrogen (secondary N) is 1. The highest BCUT2D eigenvalue weighted by molar-refractivity contribution is 6.14. The third-order valence-electron chi connectivity index (χ3n) is 6.88. The number of pyridine rings is 1. The number of urea groups is 1. The first-order valence-corrected chi connectivity index (χ1v) is 12.5. The number of carbonyl (C=O) groups is 1. The molecule has 2 amide bonds. The molecule has 0 unspecified atom stereocenters. The molecular weight excluding hydrogens is 464 g/mol. The zero-order valence-corrected chi connectivity index (χ0v) is 20.9. The lowest BCUT2D eigenvalue weighted by molar-refractivity contribution is 0.203. The molecule has 6 rings (SSSR count). The van der Waals surface area contributed by atoms with Crippen molar-refractivity contribution in [1.82, 2.24) is 25.1 Å². The Kier molecular flexibility index (Phi) is 5.92. The summed E-state index contributed by atoms with van der Waals surface area (Å²) in [5.41, 5.74) is 7.68. The Balaban J connectivity index is 1.40. The molecule has 37 heavy (non-hydrogen) atoms. The average molecular weight is 493 g/mol. The van der Waals surface area contributed by atoms with Gasteiger partial charge >= 0.3 is 6.03 Å². The van der Waals surface area contributed by atoms with Crippen LogP contribution in [0.15, 0.2) is 78.0 Å². The van der Waals surface area contributed by atoms with Gasteiger partial charge in [-0.2, -0.15) is 10.2 Å². The Morgan fingerprint density at radius 2 is 1.86 bits per heavy atom. The molecule has 8 nitrogen and oxygen atoms in total. The zero-order valence-electron chi connectivity index (χ0n) is 20.9. The number of ether oxygens (including phenoxy) is 1. The summed E-state index contributed by atoms with van der Waals surface area (Å²) >= 11 is 0. The Hall–Kier alpha value is -4.46.